The molecule has 0 unspecified atom stereocenters. The van der Waals surface area contributed by atoms with E-state index in [1.54, 1.807) is 67.8 Å². The minimum atomic E-state index is -0.683. The minimum absolute atomic E-state index is 0.111. The SMILES string of the molecule is CCCOC(=O)c1ccc(NC(=O)COC(=O)CCC(=O)Nc2ccc(Oc3ccc(OC)cc3)cc2)cc1. The molecule has 10 heteroatoms. The summed E-state index contributed by atoms with van der Waals surface area (Å²) in [5, 5.41) is 5.26. The van der Waals surface area contributed by atoms with Crippen molar-refractivity contribution in [3.05, 3.63) is 78.4 Å². The summed E-state index contributed by atoms with van der Waals surface area (Å²) in [6.07, 6.45) is 0.423. The number of benzene rings is 3. The third kappa shape index (κ3) is 9.84. The predicted octanol–water partition coefficient (Wildman–Crippen LogP) is 4.95. The summed E-state index contributed by atoms with van der Waals surface area (Å²) in [7, 11) is 1.59. The van der Waals surface area contributed by atoms with E-state index >= 15 is 0 Å². The molecule has 0 aromatic heterocycles. The number of hydrogen-bond acceptors (Lipinski definition) is 8. The number of carbonyl (C=O) groups excluding carboxylic acids is 4. The number of carbonyl (C=O) groups is 4. The Morgan fingerprint density at radius 1 is 0.667 bits per heavy atom. The zero-order valence-electron chi connectivity index (χ0n) is 21.7. The van der Waals surface area contributed by atoms with E-state index in [2.05, 4.69) is 10.6 Å². The summed E-state index contributed by atoms with van der Waals surface area (Å²) in [6, 6.07) is 20.1. The van der Waals surface area contributed by atoms with Crippen molar-refractivity contribution in [1.82, 2.24) is 0 Å². The molecule has 0 aliphatic rings. The Labute approximate surface area is 226 Å². The average molecular weight is 535 g/mol. The number of methoxy groups -OCH3 is 1. The highest BCUT2D eigenvalue weighted by Crippen LogP contribution is 2.25. The van der Waals surface area contributed by atoms with E-state index in [1.165, 1.54) is 12.1 Å². The van der Waals surface area contributed by atoms with Gasteiger partial charge in [-0.05, 0) is 79.2 Å². The second kappa shape index (κ2) is 14.8. The first-order chi connectivity index (χ1) is 18.9. The van der Waals surface area contributed by atoms with Gasteiger partial charge in [-0.15, -0.1) is 0 Å². The molecule has 0 saturated carbocycles. The molecule has 0 aliphatic carbocycles. The van der Waals surface area contributed by atoms with Crippen LogP contribution in [0.4, 0.5) is 11.4 Å². The van der Waals surface area contributed by atoms with Gasteiger partial charge in [0.25, 0.3) is 5.91 Å². The van der Waals surface area contributed by atoms with Crippen LogP contribution in [-0.2, 0) is 23.9 Å². The van der Waals surface area contributed by atoms with E-state index in [1.807, 2.05) is 6.92 Å². The van der Waals surface area contributed by atoms with Crippen LogP contribution in [0, 0.1) is 0 Å². The molecule has 2 N–H and O–H groups in total. The summed E-state index contributed by atoms with van der Waals surface area (Å²) >= 11 is 0. The fraction of sp³-hybridized carbons (Fsp3) is 0.241. The van der Waals surface area contributed by atoms with Crippen molar-refractivity contribution in [1.29, 1.82) is 0 Å². The Balaban J connectivity index is 1.34. The highest BCUT2D eigenvalue weighted by atomic mass is 16.5. The summed E-state index contributed by atoms with van der Waals surface area (Å²) < 4.78 is 20.8. The minimum Gasteiger partial charge on any atom is -0.497 e. The molecular weight excluding hydrogens is 504 g/mol. The van der Waals surface area contributed by atoms with E-state index in [-0.39, 0.29) is 18.7 Å². The van der Waals surface area contributed by atoms with Gasteiger partial charge in [-0.2, -0.15) is 0 Å². The molecule has 3 rings (SSSR count). The summed E-state index contributed by atoms with van der Waals surface area (Å²) in [5.41, 5.74) is 1.34. The van der Waals surface area contributed by atoms with Crippen LogP contribution in [0.3, 0.4) is 0 Å². The van der Waals surface area contributed by atoms with E-state index in [0.29, 0.717) is 35.0 Å². The highest BCUT2D eigenvalue weighted by molar-refractivity contribution is 5.95. The molecule has 3 aromatic rings. The molecule has 0 heterocycles. The van der Waals surface area contributed by atoms with Crippen LogP contribution >= 0.6 is 0 Å². The van der Waals surface area contributed by atoms with Crippen LogP contribution in [0.1, 0.15) is 36.5 Å². The lowest BCUT2D eigenvalue weighted by atomic mass is 10.2. The first-order valence-electron chi connectivity index (χ1n) is 12.3. The summed E-state index contributed by atoms with van der Waals surface area (Å²) in [5.74, 6) is -0.0977. The molecule has 0 bridgehead atoms. The second-order valence-electron chi connectivity index (χ2n) is 8.27. The lowest BCUT2D eigenvalue weighted by Gasteiger charge is -2.09. The Bertz CT molecular complexity index is 1260. The molecule has 2 amide bonds. The Morgan fingerprint density at radius 2 is 1.21 bits per heavy atom. The van der Waals surface area contributed by atoms with Gasteiger partial charge in [0.15, 0.2) is 6.61 Å². The number of rotatable bonds is 13. The van der Waals surface area contributed by atoms with Crippen LogP contribution in [0.2, 0.25) is 0 Å². The Kier molecular flexibility index (Phi) is 10.9. The van der Waals surface area contributed by atoms with Crippen molar-refractivity contribution < 1.29 is 38.1 Å². The standard InChI is InChI=1S/C29H30N2O8/c1-3-18-37-29(35)20-4-6-21(7-5-20)31-27(33)19-38-28(34)17-16-26(32)30-22-8-10-24(11-9-22)39-25-14-12-23(36-2)13-15-25/h4-15H,3,16-19H2,1-2H3,(H,30,32)(H,31,33). The molecule has 0 radical (unpaired) electrons. The predicted molar refractivity (Wildman–Crippen MR) is 144 cm³/mol. The smallest absolute Gasteiger partial charge is 0.338 e. The number of anilines is 2. The molecule has 204 valence electrons. The molecular formula is C29H30N2O8. The number of hydrogen-bond donors (Lipinski definition) is 2. The molecule has 0 spiro atoms. The Hall–Kier alpha value is -4.86. The van der Waals surface area contributed by atoms with Crippen molar-refractivity contribution in [3.8, 4) is 17.2 Å². The normalized spacial score (nSPS) is 10.2. The molecule has 0 fully saturated rings. The van der Waals surface area contributed by atoms with Gasteiger partial charge in [0.1, 0.15) is 17.2 Å². The van der Waals surface area contributed by atoms with Crippen molar-refractivity contribution in [2.75, 3.05) is 31.0 Å². The van der Waals surface area contributed by atoms with Crippen LogP contribution in [-0.4, -0.2) is 44.1 Å². The van der Waals surface area contributed by atoms with E-state index in [4.69, 9.17) is 18.9 Å². The first kappa shape index (κ1) is 28.7. The quantitative estimate of drug-likeness (QED) is 0.295. The highest BCUT2D eigenvalue weighted by Gasteiger charge is 2.12. The maximum Gasteiger partial charge on any atom is 0.338 e. The van der Waals surface area contributed by atoms with Crippen molar-refractivity contribution in [2.24, 2.45) is 0 Å². The number of esters is 2. The largest absolute Gasteiger partial charge is 0.497 e. The van der Waals surface area contributed by atoms with Gasteiger partial charge >= 0.3 is 11.9 Å². The van der Waals surface area contributed by atoms with Crippen molar-refractivity contribution >= 4 is 35.1 Å². The fourth-order valence-electron chi connectivity index (χ4n) is 3.21. The van der Waals surface area contributed by atoms with Crippen molar-refractivity contribution in [2.45, 2.75) is 26.2 Å². The molecule has 10 nitrogen and oxygen atoms in total. The molecule has 0 aliphatic heterocycles. The lowest BCUT2D eigenvalue weighted by Crippen LogP contribution is -2.21. The molecule has 39 heavy (non-hydrogen) atoms. The Morgan fingerprint density at radius 3 is 1.79 bits per heavy atom. The van der Waals surface area contributed by atoms with Gasteiger partial charge in [0, 0.05) is 17.8 Å². The zero-order chi connectivity index (χ0) is 28.0. The van der Waals surface area contributed by atoms with E-state index in [0.717, 1.165) is 12.2 Å². The van der Waals surface area contributed by atoms with Gasteiger partial charge in [-0.25, -0.2) is 4.79 Å². The number of nitrogens with one attached hydrogen (secondary N) is 2. The second-order valence-corrected chi connectivity index (χ2v) is 8.27. The molecule has 0 saturated heterocycles. The monoisotopic (exact) mass is 534 g/mol. The first-order valence-corrected chi connectivity index (χ1v) is 12.3. The maximum atomic E-state index is 12.2. The third-order valence-corrected chi connectivity index (χ3v) is 5.20. The average Bonchev–Trinajstić information content (AvgIpc) is 2.95. The van der Waals surface area contributed by atoms with Gasteiger partial charge in [-0.1, -0.05) is 6.92 Å². The number of ether oxygens (including phenoxy) is 4. The summed E-state index contributed by atoms with van der Waals surface area (Å²) in [4.78, 5) is 48.0. The van der Waals surface area contributed by atoms with Crippen LogP contribution in [0.25, 0.3) is 0 Å². The molecule has 3 aromatic carbocycles. The van der Waals surface area contributed by atoms with Crippen LogP contribution < -0.4 is 20.1 Å². The van der Waals surface area contributed by atoms with E-state index in [9.17, 15) is 19.2 Å². The summed E-state index contributed by atoms with van der Waals surface area (Å²) in [6.45, 7) is 1.73. The van der Waals surface area contributed by atoms with Gasteiger partial charge in [0.2, 0.25) is 5.91 Å². The zero-order valence-corrected chi connectivity index (χ0v) is 21.7. The lowest BCUT2D eigenvalue weighted by molar-refractivity contribution is -0.147. The topological polar surface area (TPSA) is 129 Å². The van der Waals surface area contributed by atoms with Crippen molar-refractivity contribution in [3.63, 3.8) is 0 Å². The van der Waals surface area contributed by atoms with Crippen LogP contribution in [0.5, 0.6) is 17.2 Å². The van der Waals surface area contributed by atoms with Crippen LogP contribution in [0.15, 0.2) is 72.8 Å². The van der Waals surface area contributed by atoms with Gasteiger partial charge in [0.05, 0.1) is 25.7 Å². The van der Waals surface area contributed by atoms with Gasteiger partial charge < -0.3 is 29.6 Å². The fourth-order valence-corrected chi connectivity index (χ4v) is 3.21. The van der Waals surface area contributed by atoms with E-state index < -0.39 is 24.5 Å². The third-order valence-electron chi connectivity index (χ3n) is 5.20. The maximum absolute atomic E-state index is 12.2. The molecule has 0 atom stereocenters. The van der Waals surface area contributed by atoms with Gasteiger partial charge in [-0.3, -0.25) is 14.4 Å². The number of amides is 2.